The van der Waals surface area contributed by atoms with Crippen LogP contribution >= 0.6 is 0 Å². The zero-order chi connectivity index (χ0) is 10.6. The summed E-state index contributed by atoms with van der Waals surface area (Å²) in [4.78, 5) is 10.4. The van der Waals surface area contributed by atoms with Crippen LogP contribution in [-0.4, -0.2) is 6.03 Å². The molecule has 4 nitrogen and oxygen atoms in total. The van der Waals surface area contributed by atoms with Crippen LogP contribution in [0.2, 0.25) is 0 Å². The predicted octanol–water partition coefficient (Wildman–Crippen LogP) is 2.45. The van der Waals surface area contributed by atoms with Gasteiger partial charge in [-0.05, 0) is 19.4 Å². The molecule has 0 aromatic heterocycles. The fourth-order valence-corrected chi connectivity index (χ4v) is 1.08. The minimum absolute atomic E-state index is 0.518. The second kappa shape index (κ2) is 4.00. The quantitative estimate of drug-likeness (QED) is 0.717. The average molecular weight is 191 g/mol. The van der Waals surface area contributed by atoms with E-state index in [0.717, 1.165) is 5.56 Å². The second-order valence-electron chi connectivity index (χ2n) is 3.46. The Hall–Kier alpha value is -1.71. The van der Waals surface area contributed by atoms with Gasteiger partial charge in [0.1, 0.15) is 5.54 Å². The summed E-state index contributed by atoms with van der Waals surface area (Å²) in [5, 5.41) is 7.21. The lowest BCUT2D eigenvalue weighted by molar-refractivity contribution is 0.254. The Balaban J connectivity index is 2.91. The predicted molar refractivity (Wildman–Crippen MR) is 53.9 cm³/mol. The Morgan fingerprint density at radius 2 is 1.86 bits per heavy atom. The lowest BCUT2D eigenvalue weighted by atomic mass is 9.96. The van der Waals surface area contributed by atoms with Crippen LogP contribution in [0.1, 0.15) is 19.4 Å². The van der Waals surface area contributed by atoms with Crippen LogP contribution in [-0.2, 0) is 5.54 Å². The lowest BCUT2D eigenvalue weighted by Gasteiger charge is -2.17. The molecule has 2 N–H and O–H groups in total. The first-order valence-corrected chi connectivity index (χ1v) is 4.30. The van der Waals surface area contributed by atoms with E-state index in [4.69, 9.17) is 5.73 Å². The van der Waals surface area contributed by atoms with Gasteiger partial charge in [-0.25, -0.2) is 4.79 Å². The van der Waals surface area contributed by atoms with E-state index in [0.29, 0.717) is 0 Å². The number of hydrogen-bond donors (Lipinski definition) is 1. The fourth-order valence-electron chi connectivity index (χ4n) is 1.08. The van der Waals surface area contributed by atoms with E-state index < -0.39 is 11.6 Å². The molecule has 74 valence electrons. The summed E-state index contributed by atoms with van der Waals surface area (Å²) in [6.45, 7) is 3.74. The molecule has 0 bridgehead atoms. The van der Waals surface area contributed by atoms with E-state index in [1.807, 2.05) is 44.2 Å². The third-order valence-electron chi connectivity index (χ3n) is 1.88. The van der Waals surface area contributed by atoms with Gasteiger partial charge < -0.3 is 5.73 Å². The van der Waals surface area contributed by atoms with Crippen LogP contribution in [0.4, 0.5) is 4.79 Å². The number of hydrogen-bond acceptors (Lipinski definition) is 2. The Bertz CT molecular complexity index is 344. The van der Waals surface area contributed by atoms with E-state index >= 15 is 0 Å². The van der Waals surface area contributed by atoms with Gasteiger partial charge in [-0.2, -0.15) is 5.11 Å². The molecule has 2 amide bonds. The molecule has 0 radical (unpaired) electrons. The van der Waals surface area contributed by atoms with Crippen LogP contribution in [0.5, 0.6) is 0 Å². The summed E-state index contributed by atoms with van der Waals surface area (Å²) in [5.41, 5.74) is 5.35. The van der Waals surface area contributed by atoms with Crippen LogP contribution < -0.4 is 5.73 Å². The monoisotopic (exact) mass is 191 g/mol. The summed E-state index contributed by atoms with van der Waals surface area (Å²) in [7, 11) is 0. The topological polar surface area (TPSA) is 67.8 Å². The molecule has 0 atom stereocenters. The highest BCUT2D eigenvalue weighted by Gasteiger charge is 2.19. The molecule has 0 aliphatic heterocycles. The zero-order valence-corrected chi connectivity index (χ0v) is 8.27. The Kier molecular flexibility index (Phi) is 2.96. The Labute approximate surface area is 82.8 Å². The number of nitrogens with zero attached hydrogens (tertiary/aromatic N) is 2. The molecule has 1 aromatic rings. The number of amides is 2. The van der Waals surface area contributed by atoms with E-state index in [1.165, 1.54) is 0 Å². The standard InChI is InChI=1S/C10H13N3O/c1-10(2,13-12-9(11)14)8-6-4-3-5-7-8/h3-7H,1-2H3,(H2,11,14). The first kappa shape index (κ1) is 10.4. The summed E-state index contributed by atoms with van der Waals surface area (Å²) in [5.74, 6) is 0. The van der Waals surface area contributed by atoms with Crippen LogP contribution in [0, 0.1) is 0 Å². The summed E-state index contributed by atoms with van der Waals surface area (Å²) in [6.07, 6.45) is 0. The maximum atomic E-state index is 10.4. The van der Waals surface area contributed by atoms with Crippen LogP contribution in [0.25, 0.3) is 0 Å². The fraction of sp³-hybridized carbons (Fsp3) is 0.300. The molecule has 0 aliphatic rings. The van der Waals surface area contributed by atoms with Gasteiger partial charge in [-0.15, -0.1) is 0 Å². The highest BCUT2D eigenvalue weighted by atomic mass is 16.2. The molecular formula is C10H13N3O. The number of carbonyl (C=O) groups excluding carboxylic acids is 1. The molecule has 0 saturated heterocycles. The highest BCUT2D eigenvalue weighted by molar-refractivity contribution is 5.71. The normalized spacial score (nSPS) is 11.9. The van der Waals surface area contributed by atoms with E-state index in [1.54, 1.807) is 0 Å². The van der Waals surface area contributed by atoms with Crippen molar-refractivity contribution in [3.8, 4) is 0 Å². The maximum Gasteiger partial charge on any atom is 0.356 e. The number of urea groups is 1. The number of azo groups is 1. The summed E-state index contributed by atoms with van der Waals surface area (Å²) < 4.78 is 0. The third kappa shape index (κ3) is 2.65. The molecule has 0 aliphatic carbocycles. The lowest BCUT2D eigenvalue weighted by Crippen LogP contribution is -2.14. The number of primary amides is 1. The molecule has 0 heterocycles. The molecule has 1 aromatic carbocycles. The first-order chi connectivity index (χ1) is 6.52. The Morgan fingerprint density at radius 1 is 1.29 bits per heavy atom. The van der Waals surface area contributed by atoms with Gasteiger partial charge in [0.2, 0.25) is 0 Å². The van der Waals surface area contributed by atoms with E-state index in [-0.39, 0.29) is 0 Å². The molecular weight excluding hydrogens is 178 g/mol. The van der Waals surface area contributed by atoms with Crippen molar-refractivity contribution in [3.63, 3.8) is 0 Å². The van der Waals surface area contributed by atoms with E-state index in [2.05, 4.69) is 10.2 Å². The van der Waals surface area contributed by atoms with Crippen molar-refractivity contribution in [1.29, 1.82) is 0 Å². The number of benzene rings is 1. The van der Waals surface area contributed by atoms with Crippen molar-refractivity contribution < 1.29 is 4.79 Å². The van der Waals surface area contributed by atoms with Gasteiger partial charge in [0.25, 0.3) is 0 Å². The molecule has 0 saturated carbocycles. The van der Waals surface area contributed by atoms with Crippen molar-refractivity contribution in [2.45, 2.75) is 19.4 Å². The number of nitrogens with two attached hydrogens (primary N) is 1. The number of rotatable bonds is 2. The minimum atomic E-state index is -0.769. The third-order valence-corrected chi connectivity index (χ3v) is 1.88. The molecule has 14 heavy (non-hydrogen) atoms. The van der Waals surface area contributed by atoms with Crippen molar-refractivity contribution in [2.75, 3.05) is 0 Å². The van der Waals surface area contributed by atoms with Gasteiger partial charge in [-0.1, -0.05) is 35.4 Å². The zero-order valence-electron chi connectivity index (χ0n) is 8.27. The van der Waals surface area contributed by atoms with Gasteiger partial charge in [0.15, 0.2) is 0 Å². The van der Waals surface area contributed by atoms with Crippen molar-refractivity contribution in [3.05, 3.63) is 35.9 Å². The minimum Gasteiger partial charge on any atom is -0.348 e. The van der Waals surface area contributed by atoms with Gasteiger partial charge in [0, 0.05) is 0 Å². The van der Waals surface area contributed by atoms with E-state index in [9.17, 15) is 4.79 Å². The molecule has 0 unspecified atom stereocenters. The summed E-state index contributed by atoms with van der Waals surface area (Å²) in [6, 6.07) is 8.84. The maximum absolute atomic E-state index is 10.4. The smallest absolute Gasteiger partial charge is 0.348 e. The van der Waals surface area contributed by atoms with Crippen LogP contribution in [0.3, 0.4) is 0 Å². The average Bonchev–Trinajstić information content (AvgIpc) is 2.16. The molecule has 0 spiro atoms. The van der Waals surface area contributed by atoms with Crippen molar-refractivity contribution in [1.82, 2.24) is 0 Å². The highest BCUT2D eigenvalue weighted by Crippen LogP contribution is 2.24. The number of carbonyl (C=O) groups is 1. The van der Waals surface area contributed by atoms with Gasteiger partial charge >= 0.3 is 6.03 Å². The molecule has 0 fully saturated rings. The van der Waals surface area contributed by atoms with Crippen molar-refractivity contribution in [2.24, 2.45) is 16.0 Å². The molecule has 4 heteroatoms. The largest absolute Gasteiger partial charge is 0.356 e. The molecule has 1 rings (SSSR count). The summed E-state index contributed by atoms with van der Waals surface area (Å²) >= 11 is 0. The SMILES string of the molecule is CC(C)(N=NC(N)=O)c1ccccc1. The van der Waals surface area contributed by atoms with Crippen molar-refractivity contribution >= 4 is 6.03 Å². The second-order valence-corrected chi connectivity index (χ2v) is 3.46. The van der Waals surface area contributed by atoms with Gasteiger partial charge in [0.05, 0.1) is 0 Å². The first-order valence-electron chi connectivity index (χ1n) is 4.30. The van der Waals surface area contributed by atoms with Crippen LogP contribution in [0.15, 0.2) is 40.6 Å². The van der Waals surface area contributed by atoms with Gasteiger partial charge in [-0.3, -0.25) is 0 Å². The Morgan fingerprint density at radius 3 is 2.36 bits per heavy atom.